The minimum absolute atomic E-state index is 0.0691. The maximum Gasteiger partial charge on any atom is 0.255 e. The number of anilines is 1. The summed E-state index contributed by atoms with van der Waals surface area (Å²) in [7, 11) is 0. The van der Waals surface area contributed by atoms with Crippen molar-refractivity contribution in [2.24, 2.45) is 0 Å². The summed E-state index contributed by atoms with van der Waals surface area (Å²) in [5, 5.41) is 0.603. The second-order valence-corrected chi connectivity index (χ2v) is 6.84. The van der Waals surface area contributed by atoms with E-state index in [4.69, 9.17) is 11.6 Å². The van der Waals surface area contributed by atoms with Crippen LogP contribution in [-0.2, 0) is 0 Å². The molecule has 1 aliphatic rings. The fourth-order valence-corrected chi connectivity index (χ4v) is 3.38. The number of carbonyl (C=O) groups excluding carboxylic acids is 1. The number of rotatable bonds is 2. The normalized spacial score (nSPS) is 15.0. The molecule has 22 heavy (non-hydrogen) atoms. The predicted molar refractivity (Wildman–Crippen MR) is 98.7 cm³/mol. The first-order valence-electron chi connectivity index (χ1n) is 7.19. The molecule has 0 radical (unpaired) electrons. The van der Waals surface area contributed by atoms with E-state index in [1.807, 2.05) is 35.2 Å². The number of halogens is 2. The van der Waals surface area contributed by atoms with Gasteiger partial charge in [-0.3, -0.25) is 4.79 Å². The van der Waals surface area contributed by atoms with Crippen LogP contribution >= 0.6 is 34.2 Å². The third kappa shape index (κ3) is 3.38. The third-order valence-electron chi connectivity index (χ3n) is 3.85. The highest BCUT2D eigenvalue weighted by Crippen LogP contribution is 2.21. The fourth-order valence-electron chi connectivity index (χ4n) is 2.64. The Labute approximate surface area is 149 Å². The Hall–Kier alpha value is -1.27. The van der Waals surface area contributed by atoms with Crippen LogP contribution in [0.3, 0.4) is 0 Å². The van der Waals surface area contributed by atoms with E-state index < -0.39 is 0 Å². The summed E-state index contributed by atoms with van der Waals surface area (Å²) < 4.78 is 0.942. The molecule has 5 heteroatoms. The van der Waals surface area contributed by atoms with Crippen LogP contribution in [-0.4, -0.2) is 37.0 Å². The molecule has 3 nitrogen and oxygen atoms in total. The maximum atomic E-state index is 12.7. The minimum atomic E-state index is 0.0691. The summed E-state index contributed by atoms with van der Waals surface area (Å²) in [6, 6.07) is 15.8. The van der Waals surface area contributed by atoms with Gasteiger partial charge in [0.1, 0.15) is 0 Å². The first-order valence-corrected chi connectivity index (χ1v) is 8.65. The van der Waals surface area contributed by atoms with Crippen molar-refractivity contribution in [1.82, 2.24) is 4.90 Å². The Morgan fingerprint density at radius 3 is 2.36 bits per heavy atom. The molecular weight excluding hydrogens is 411 g/mol. The summed E-state index contributed by atoms with van der Waals surface area (Å²) in [5.74, 6) is 0.0691. The first-order chi connectivity index (χ1) is 10.6. The molecule has 0 aromatic heterocycles. The van der Waals surface area contributed by atoms with Crippen molar-refractivity contribution in [3.63, 3.8) is 0 Å². The standard InChI is InChI=1S/C17H16ClIN2O/c18-13-6-7-16(19)15(12-13)17(22)21-10-8-20(9-11-21)14-4-2-1-3-5-14/h1-7,12H,8-11H2. The molecular formula is C17H16ClIN2O. The highest BCUT2D eigenvalue weighted by molar-refractivity contribution is 14.1. The number of hydrogen-bond acceptors (Lipinski definition) is 2. The van der Waals surface area contributed by atoms with Gasteiger partial charge in [-0.05, 0) is 52.9 Å². The second-order valence-electron chi connectivity index (χ2n) is 5.24. The number of amides is 1. The van der Waals surface area contributed by atoms with Gasteiger partial charge in [0.25, 0.3) is 5.91 Å². The van der Waals surface area contributed by atoms with E-state index in [9.17, 15) is 4.79 Å². The quantitative estimate of drug-likeness (QED) is 0.680. The molecule has 0 bridgehead atoms. The third-order valence-corrected chi connectivity index (χ3v) is 5.02. The Morgan fingerprint density at radius 1 is 1.00 bits per heavy atom. The minimum Gasteiger partial charge on any atom is -0.368 e. The summed E-state index contributed by atoms with van der Waals surface area (Å²) in [4.78, 5) is 16.9. The van der Waals surface area contributed by atoms with Crippen LogP contribution in [0.4, 0.5) is 5.69 Å². The molecule has 0 spiro atoms. The molecule has 0 unspecified atom stereocenters. The average molecular weight is 427 g/mol. The van der Waals surface area contributed by atoms with E-state index in [-0.39, 0.29) is 5.91 Å². The van der Waals surface area contributed by atoms with Crippen LogP contribution < -0.4 is 4.90 Å². The van der Waals surface area contributed by atoms with Gasteiger partial charge in [-0.1, -0.05) is 29.8 Å². The number of piperazine rings is 1. The summed E-state index contributed by atoms with van der Waals surface area (Å²) in [5.41, 5.74) is 1.91. The Kier molecular flexibility index (Phi) is 4.88. The van der Waals surface area contributed by atoms with Gasteiger partial charge in [0.2, 0.25) is 0 Å². The highest BCUT2D eigenvalue weighted by Gasteiger charge is 2.23. The van der Waals surface area contributed by atoms with Gasteiger partial charge >= 0.3 is 0 Å². The molecule has 1 heterocycles. The molecule has 3 rings (SSSR count). The first kappa shape index (κ1) is 15.6. The van der Waals surface area contributed by atoms with Gasteiger partial charge in [0, 0.05) is 40.5 Å². The molecule has 2 aromatic carbocycles. The molecule has 0 saturated carbocycles. The molecule has 1 saturated heterocycles. The van der Waals surface area contributed by atoms with Gasteiger partial charge in [0.05, 0.1) is 5.56 Å². The lowest BCUT2D eigenvalue weighted by molar-refractivity contribution is 0.0745. The zero-order valence-corrected chi connectivity index (χ0v) is 14.9. The van der Waals surface area contributed by atoms with Crippen molar-refractivity contribution < 1.29 is 4.79 Å². The van der Waals surface area contributed by atoms with Crippen LogP contribution in [0.2, 0.25) is 5.02 Å². The molecule has 0 aliphatic carbocycles. The van der Waals surface area contributed by atoms with Crippen molar-refractivity contribution >= 4 is 45.8 Å². The average Bonchev–Trinajstić information content (AvgIpc) is 2.57. The largest absolute Gasteiger partial charge is 0.368 e. The lowest BCUT2D eigenvalue weighted by atomic mass is 10.1. The van der Waals surface area contributed by atoms with E-state index in [0.29, 0.717) is 10.6 Å². The Morgan fingerprint density at radius 2 is 1.68 bits per heavy atom. The van der Waals surface area contributed by atoms with Gasteiger partial charge in [-0.2, -0.15) is 0 Å². The molecule has 0 N–H and O–H groups in total. The number of para-hydroxylation sites is 1. The van der Waals surface area contributed by atoms with Crippen molar-refractivity contribution in [1.29, 1.82) is 0 Å². The smallest absolute Gasteiger partial charge is 0.255 e. The van der Waals surface area contributed by atoms with E-state index >= 15 is 0 Å². The predicted octanol–water partition coefficient (Wildman–Crippen LogP) is 3.91. The van der Waals surface area contributed by atoms with Crippen LogP contribution in [0, 0.1) is 3.57 Å². The molecule has 2 aromatic rings. The second kappa shape index (κ2) is 6.87. The van der Waals surface area contributed by atoms with Crippen LogP contribution in [0.5, 0.6) is 0 Å². The number of hydrogen-bond donors (Lipinski definition) is 0. The van der Waals surface area contributed by atoms with Gasteiger partial charge in [0.15, 0.2) is 0 Å². The van der Waals surface area contributed by atoms with E-state index in [1.54, 1.807) is 6.07 Å². The van der Waals surface area contributed by atoms with Crippen LogP contribution in [0.1, 0.15) is 10.4 Å². The highest BCUT2D eigenvalue weighted by atomic mass is 127. The van der Waals surface area contributed by atoms with Crippen molar-refractivity contribution in [3.8, 4) is 0 Å². The summed E-state index contributed by atoms with van der Waals surface area (Å²) in [6.45, 7) is 3.17. The molecule has 114 valence electrons. The number of nitrogens with zero attached hydrogens (tertiary/aromatic N) is 2. The lowest BCUT2D eigenvalue weighted by Gasteiger charge is -2.36. The maximum absolute atomic E-state index is 12.7. The van der Waals surface area contributed by atoms with E-state index in [0.717, 1.165) is 29.7 Å². The van der Waals surface area contributed by atoms with Crippen molar-refractivity contribution in [3.05, 3.63) is 62.7 Å². The van der Waals surface area contributed by atoms with Gasteiger partial charge in [-0.15, -0.1) is 0 Å². The zero-order chi connectivity index (χ0) is 15.5. The summed E-state index contributed by atoms with van der Waals surface area (Å²) >= 11 is 8.21. The van der Waals surface area contributed by atoms with Crippen LogP contribution in [0.15, 0.2) is 48.5 Å². The monoisotopic (exact) mass is 426 g/mol. The van der Waals surface area contributed by atoms with Crippen molar-refractivity contribution in [2.45, 2.75) is 0 Å². The van der Waals surface area contributed by atoms with Crippen LogP contribution in [0.25, 0.3) is 0 Å². The van der Waals surface area contributed by atoms with Gasteiger partial charge in [-0.25, -0.2) is 0 Å². The van der Waals surface area contributed by atoms with Gasteiger partial charge < -0.3 is 9.80 Å². The van der Waals surface area contributed by atoms with Crippen molar-refractivity contribution in [2.75, 3.05) is 31.1 Å². The number of carbonyl (C=O) groups is 1. The molecule has 1 fully saturated rings. The molecule has 0 atom stereocenters. The number of benzene rings is 2. The van der Waals surface area contributed by atoms with E-state index in [2.05, 4.69) is 39.6 Å². The Bertz CT molecular complexity index is 670. The summed E-state index contributed by atoms with van der Waals surface area (Å²) in [6.07, 6.45) is 0. The molecule has 1 amide bonds. The SMILES string of the molecule is O=C(c1cc(Cl)ccc1I)N1CCN(c2ccccc2)CC1. The lowest BCUT2D eigenvalue weighted by Crippen LogP contribution is -2.49. The topological polar surface area (TPSA) is 23.6 Å². The molecule has 1 aliphatic heterocycles. The Balaban J connectivity index is 1.68. The zero-order valence-electron chi connectivity index (χ0n) is 12.0. The van der Waals surface area contributed by atoms with E-state index in [1.165, 1.54) is 5.69 Å². The fraction of sp³-hybridized carbons (Fsp3) is 0.235.